The van der Waals surface area contributed by atoms with E-state index in [0.717, 1.165) is 10.9 Å². The molecule has 1 aromatic heterocycles. The van der Waals surface area contributed by atoms with Crippen LogP contribution in [0.5, 0.6) is 0 Å². The van der Waals surface area contributed by atoms with E-state index in [1.54, 1.807) is 0 Å². The molecule has 2 rings (SSSR count). The van der Waals surface area contributed by atoms with Crippen molar-refractivity contribution in [1.29, 1.82) is 0 Å². The predicted octanol–water partition coefficient (Wildman–Crippen LogP) is 1.34. The van der Waals surface area contributed by atoms with Crippen LogP contribution in [0, 0.1) is 0 Å². The number of para-hydroxylation sites is 1. The zero-order chi connectivity index (χ0) is 10.8. The fourth-order valence-electron chi connectivity index (χ4n) is 1.52. The first-order chi connectivity index (χ1) is 7.22. The Morgan fingerprint density at radius 2 is 2.20 bits per heavy atom. The number of hydrogen-bond donors (Lipinski definition) is 2. The van der Waals surface area contributed by atoms with Crippen LogP contribution in [-0.4, -0.2) is 18.1 Å². The monoisotopic (exact) mass is 204 g/mol. The molecule has 0 unspecified atom stereocenters. The zero-order valence-corrected chi connectivity index (χ0v) is 8.36. The van der Waals surface area contributed by atoms with Crippen molar-refractivity contribution in [2.75, 3.05) is 7.11 Å². The maximum atomic E-state index is 11.2. The van der Waals surface area contributed by atoms with E-state index in [0.29, 0.717) is 5.69 Å². The highest BCUT2D eigenvalue weighted by molar-refractivity contribution is 5.84. The first-order valence-electron chi connectivity index (χ1n) is 4.63. The van der Waals surface area contributed by atoms with Crippen LogP contribution in [0.15, 0.2) is 30.3 Å². The van der Waals surface area contributed by atoms with Crippen LogP contribution in [0.25, 0.3) is 10.9 Å². The standard InChI is InChI=1S/C11H12N2O2/c1-15-11(14)10(12)9-6-7-4-2-3-5-8(7)13-9/h2-6,10,13H,12H2,1H3/t10-/m0/s1. The minimum Gasteiger partial charge on any atom is -0.468 e. The van der Waals surface area contributed by atoms with Gasteiger partial charge in [-0.3, -0.25) is 0 Å². The molecule has 0 bridgehead atoms. The van der Waals surface area contributed by atoms with Gasteiger partial charge < -0.3 is 15.5 Å². The van der Waals surface area contributed by atoms with Crippen molar-refractivity contribution in [2.24, 2.45) is 5.73 Å². The van der Waals surface area contributed by atoms with Crippen molar-refractivity contribution in [2.45, 2.75) is 6.04 Å². The molecule has 0 fully saturated rings. The molecule has 78 valence electrons. The fourth-order valence-corrected chi connectivity index (χ4v) is 1.52. The second-order valence-electron chi connectivity index (χ2n) is 3.31. The second-order valence-corrected chi connectivity index (χ2v) is 3.31. The van der Waals surface area contributed by atoms with E-state index in [9.17, 15) is 4.79 Å². The summed E-state index contributed by atoms with van der Waals surface area (Å²) in [5, 5.41) is 1.03. The first kappa shape index (κ1) is 9.73. The molecule has 0 aliphatic rings. The first-order valence-corrected chi connectivity index (χ1v) is 4.63. The van der Waals surface area contributed by atoms with E-state index in [1.807, 2.05) is 30.3 Å². The Morgan fingerprint density at radius 1 is 1.47 bits per heavy atom. The van der Waals surface area contributed by atoms with Gasteiger partial charge in [0.1, 0.15) is 6.04 Å². The quantitative estimate of drug-likeness (QED) is 0.725. The zero-order valence-electron chi connectivity index (χ0n) is 8.36. The Balaban J connectivity index is 2.40. The third kappa shape index (κ3) is 1.71. The lowest BCUT2D eigenvalue weighted by Crippen LogP contribution is -2.22. The summed E-state index contributed by atoms with van der Waals surface area (Å²) in [6.45, 7) is 0. The molecule has 3 N–H and O–H groups in total. The van der Waals surface area contributed by atoms with Crippen LogP contribution in [0.2, 0.25) is 0 Å². The number of nitrogens with two attached hydrogens (primary N) is 1. The molecular weight excluding hydrogens is 192 g/mol. The number of nitrogens with one attached hydrogen (secondary N) is 1. The molecule has 4 heteroatoms. The van der Waals surface area contributed by atoms with E-state index in [2.05, 4.69) is 9.72 Å². The number of carbonyl (C=O) groups excluding carboxylic acids is 1. The largest absolute Gasteiger partial charge is 0.468 e. The van der Waals surface area contributed by atoms with Crippen molar-refractivity contribution in [1.82, 2.24) is 4.98 Å². The fraction of sp³-hybridized carbons (Fsp3) is 0.182. The Morgan fingerprint density at radius 3 is 2.87 bits per heavy atom. The van der Waals surface area contributed by atoms with Crippen LogP contribution in [0.3, 0.4) is 0 Å². The van der Waals surface area contributed by atoms with Crippen LogP contribution < -0.4 is 5.73 Å². The molecule has 4 nitrogen and oxygen atoms in total. The molecule has 0 amide bonds. The Hall–Kier alpha value is -1.81. The second kappa shape index (κ2) is 3.74. The van der Waals surface area contributed by atoms with E-state index in [4.69, 9.17) is 5.73 Å². The van der Waals surface area contributed by atoms with Gasteiger partial charge >= 0.3 is 5.97 Å². The van der Waals surface area contributed by atoms with Crippen LogP contribution in [0.1, 0.15) is 11.7 Å². The number of esters is 1. The molecular formula is C11H12N2O2. The Kier molecular flexibility index (Phi) is 2.43. The number of rotatable bonds is 2. The van der Waals surface area contributed by atoms with E-state index >= 15 is 0 Å². The van der Waals surface area contributed by atoms with Crippen LogP contribution in [-0.2, 0) is 9.53 Å². The van der Waals surface area contributed by atoms with Gasteiger partial charge in [-0.25, -0.2) is 4.79 Å². The van der Waals surface area contributed by atoms with Gasteiger partial charge in [-0.05, 0) is 17.5 Å². The molecule has 0 saturated carbocycles. The summed E-state index contributed by atoms with van der Waals surface area (Å²) < 4.78 is 4.58. The summed E-state index contributed by atoms with van der Waals surface area (Å²) in [4.78, 5) is 14.3. The highest BCUT2D eigenvalue weighted by atomic mass is 16.5. The van der Waals surface area contributed by atoms with Crippen LogP contribution >= 0.6 is 0 Å². The summed E-state index contributed by atoms with van der Waals surface area (Å²) in [6, 6.07) is 8.86. The number of hydrogen-bond acceptors (Lipinski definition) is 3. The van der Waals surface area contributed by atoms with Crippen molar-refractivity contribution >= 4 is 16.9 Å². The molecule has 0 radical (unpaired) electrons. The van der Waals surface area contributed by atoms with Gasteiger partial charge in [-0.15, -0.1) is 0 Å². The van der Waals surface area contributed by atoms with Gasteiger partial charge in [0.25, 0.3) is 0 Å². The third-order valence-corrected chi connectivity index (χ3v) is 2.34. The molecule has 0 saturated heterocycles. The normalized spacial score (nSPS) is 12.7. The summed E-state index contributed by atoms with van der Waals surface area (Å²) in [7, 11) is 1.32. The Labute approximate surface area is 87.0 Å². The average molecular weight is 204 g/mol. The molecule has 15 heavy (non-hydrogen) atoms. The molecule has 1 heterocycles. The number of methoxy groups -OCH3 is 1. The average Bonchev–Trinajstić information content (AvgIpc) is 2.70. The van der Waals surface area contributed by atoms with Gasteiger partial charge in [0.05, 0.1) is 7.11 Å². The minimum absolute atomic E-state index is 0.443. The van der Waals surface area contributed by atoms with Gasteiger partial charge in [0, 0.05) is 11.2 Å². The molecule has 0 aliphatic heterocycles. The van der Waals surface area contributed by atoms with Crippen LogP contribution in [0.4, 0.5) is 0 Å². The maximum Gasteiger partial charge on any atom is 0.328 e. The van der Waals surface area contributed by atoms with Crippen molar-refractivity contribution in [3.8, 4) is 0 Å². The SMILES string of the molecule is COC(=O)[C@@H](N)c1cc2ccccc2[nH]1. The number of aromatic nitrogens is 1. The lowest BCUT2D eigenvalue weighted by Gasteiger charge is -2.05. The number of H-pyrrole nitrogens is 1. The minimum atomic E-state index is -0.748. The number of carbonyl (C=O) groups is 1. The van der Waals surface area contributed by atoms with E-state index in [-0.39, 0.29) is 0 Å². The smallest absolute Gasteiger partial charge is 0.328 e. The molecule has 1 aromatic carbocycles. The molecule has 0 aliphatic carbocycles. The lowest BCUT2D eigenvalue weighted by atomic mass is 10.2. The van der Waals surface area contributed by atoms with Gasteiger partial charge in [-0.2, -0.15) is 0 Å². The highest BCUT2D eigenvalue weighted by Crippen LogP contribution is 2.19. The van der Waals surface area contributed by atoms with Gasteiger partial charge in [0.15, 0.2) is 0 Å². The van der Waals surface area contributed by atoms with Gasteiger partial charge in [-0.1, -0.05) is 18.2 Å². The summed E-state index contributed by atoms with van der Waals surface area (Å²) in [5.74, 6) is -0.443. The topological polar surface area (TPSA) is 68.1 Å². The number of aromatic amines is 1. The summed E-state index contributed by atoms with van der Waals surface area (Å²) >= 11 is 0. The number of fused-ring (bicyclic) bond motifs is 1. The predicted molar refractivity (Wildman–Crippen MR) is 57.2 cm³/mol. The highest BCUT2D eigenvalue weighted by Gasteiger charge is 2.17. The molecule has 0 spiro atoms. The van der Waals surface area contributed by atoms with Crippen molar-refractivity contribution < 1.29 is 9.53 Å². The lowest BCUT2D eigenvalue weighted by molar-refractivity contribution is -0.142. The van der Waals surface area contributed by atoms with E-state index in [1.165, 1.54) is 7.11 Å². The number of benzene rings is 1. The maximum absolute atomic E-state index is 11.2. The number of ether oxygens (including phenoxy) is 1. The van der Waals surface area contributed by atoms with Gasteiger partial charge in [0.2, 0.25) is 0 Å². The molecule has 2 aromatic rings. The van der Waals surface area contributed by atoms with E-state index < -0.39 is 12.0 Å². The van der Waals surface area contributed by atoms with Crippen molar-refractivity contribution in [3.05, 3.63) is 36.0 Å². The van der Waals surface area contributed by atoms with Crippen molar-refractivity contribution in [3.63, 3.8) is 0 Å². The summed E-state index contributed by atoms with van der Waals surface area (Å²) in [5.41, 5.74) is 7.34. The third-order valence-electron chi connectivity index (χ3n) is 2.34. The summed E-state index contributed by atoms with van der Waals surface area (Å²) in [6.07, 6.45) is 0. The Bertz CT molecular complexity index is 457. The molecule has 1 atom stereocenters.